The molecule has 0 spiro atoms. The maximum absolute atomic E-state index is 12.1. The average molecular weight is 270 g/mol. The Balaban J connectivity index is 3.46. The van der Waals surface area contributed by atoms with Gasteiger partial charge in [-0.05, 0) is 11.8 Å². The quantitative estimate of drug-likeness (QED) is 0.588. The van der Waals surface area contributed by atoms with Crippen molar-refractivity contribution < 1.29 is 31.6 Å². The molecule has 0 saturated heterocycles. The van der Waals surface area contributed by atoms with Crippen LogP contribution >= 0.6 is 0 Å². The summed E-state index contributed by atoms with van der Waals surface area (Å²) in [7, 11) is -5.69. The Morgan fingerprint density at radius 3 is 2.18 bits per heavy atom. The first-order chi connectivity index (χ1) is 7.57. The molecule has 1 aromatic rings. The first kappa shape index (κ1) is 13.2. The third-order valence-corrected chi connectivity index (χ3v) is 3.23. The van der Waals surface area contributed by atoms with Gasteiger partial charge >= 0.3 is 5.51 Å². The lowest BCUT2D eigenvalue weighted by atomic mass is 10.3. The van der Waals surface area contributed by atoms with Crippen LogP contribution in [0.1, 0.15) is 0 Å². The zero-order valence-corrected chi connectivity index (χ0v) is 8.58. The molecule has 0 bridgehead atoms. The summed E-state index contributed by atoms with van der Waals surface area (Å²) in [6, 6.07) is 0.861. The second kappa shape index (κ2) is 3.87. The predicted molar refractivity (Wildman–Crippen MR) is 45.8 cm³/mol. The molecule has 0 aliphatic rings. The highest BCUT2D eigenvalue weighted by atomic mass is 32.2. The van der Waals surface area contributed by atoms with Gasteiger partial charge in [0.15, 0.2) is 0 Å². The van der Waals surface area contributed by atoms with Gasteiger partial charge in [-0.15, -0.1) is 0 Å². The van der Waals surface area contributed by atoms with Gasteiger partial charge in [-0.1, -0.05) is 6.07 Å². The standard InChI is InChI=1S/C7H4F3NO5S/c8-7(9,10)17(15,16)4-1-2-6(12)5(3-4)11(13)14/h1-3,12H/p-1. The van der Waals surface area contributed by atoms with Crippen molar-refractivity contribution in [3.05, 3.63) is 28.3 Å². The normalized spacial score (nSPS) is 12.4. The largest absolute Gasteiger partial charge is 0.868 e. The number of nitro benzene ring substituents is 1. The van der Waals surface area contributed by atoms with Crippen molar-refractivity contribution >= 4 is 15.5 Å². The first-order valence-electron chi connectivity index (χ1n) is 3.84. The van der Waals surface area contributed by atoms with Gasteiger partial charge in [0.2, 0.25) is 0 Å². The van der Waals surface area contributed by atoms with Crippen LogP contribution in [-0.2, 0) is 9.84 Å². The summed E-state index contributed by atoms with van der Waals surface area (Å²) in [5.74, 6) is -1.17. The monoisotopic (exact) mass is 270 g/mol. The molecule has 0 radical (unpaired) electrons. The first-order valence-corrected chi connectivity index (χ1v) is 5.32. The Morgan fingerprint density at radius 2 is 1.76 bits per heavy atom. The van der Waals surface area contributed by atoms with Crippen molar-refractivity contribution in [2.45, 2.75) is 10.4 Å². The van der Waals surface area contributed by atoms with Crippen molar-refractivity contribution in [3.63, 3.8) is 0 Å². The van der Waals surface area contributed by atoms with Crippen LogP contribution < -0.4 is 5.11 Å². The molecule has 94 valence electrons. The molecule has 0 fully saturated rings. The van der Waals surface area contributed by atoms with E-state index in [9.17, 15) is 36.8 Å². The average Bonchev–Trinajstić information content (AvgIpc) is 2.15. The third kappa shape index (κ3) is 2.30. The van der Waals surface area contributed by atoms with Crippen molar-refractivity contribution in [2.24, 2.45) is 0 Å². The molecule has 6 nitrogen and oxygen atoms in total. The van der Waals surface area contributed by atoms with Crippen molar-refractivity contribution in [1.29, 1.82) is 0 Å². The van der Waals surface area contributed by atoms with E-state index in [1.165, 1.54) is 0 Å². The highest BCUT2D eigenvalue weighted by Crippen LogP contribution is 2.33. The van der Waals surface area contributed by atoms with E-state index in [0.717, 1.165) is 0 Å². The number of nitro groups is 1. The summed E-state index contributed by atoms with van der Waals surface area (Å²) in [5.41, 5.74) is -6.80. The fraction of sp³-hybridized carbons (Fsp3) is 0.143. The van der Waals surface area contributed by atoms with Crippen LogP contribution in [0.3, 0.4) is 0 Å². The number of hydrogen-bond acceptors (Lipinski definition) is 5. The number of nitrogens with zero attached hydrogens (tertiary/aromatic N) is 1. The number of halogens is 3. The van der Waals surface area contributed by atoms with Crippen molar-refractivity contribution in [1.82, 2.24) is 0 Å². The van der Waals surface area contributed by atoms with E-state index in [2.05, 4.69) is 0 Å². The van der Waals surface area contributed by atoms with E-state index in [4.69, 9.17) is 0 Å². The smallest absolute Gasteiger partial charge is 0.501 e. The molecule has 0 atom stereocenters. The molecule has 1 aromatic carbocycles. The third-order valence-electron chi connectivity index (χ3n) is 1.74. The maximum Gasteiger partial charge on any atom is 0.501 e. The van der Waals surface area contributed by atoms with Crippen LogP contribution in [0, 0.1) is 10.1 Å². The Morgan fingerprint density at radius 1 is 1.24 bits per heavy atom. The second-order valence-corrected chi connectivity index (χ2v) is 4.78. The van der Waals surface area contributed by atoms with Crippen LogP contribution in [-0.4, -0.2) is 18.8 Å². The van der Waals surface area contributed by atoms with Gasteiger partial charge in [0.1, 0.15) is 0 Å². The minimum Gasteiger partial charge on any atom is -0.868 e. The molecule has 0 aliphatic heterocycles. The highest BCUT2D eigenvalue weighted by molar-refractivity contribution is 7.92. The Labute approximate surface area is 92.4 Å². The zero-order chi connectivity index (χ0) is 13.4. The summed E-state index contributed by atoms with van der Waals surface area (Å²) in [4.78, 5) is 7.69. The lowest BCUT2D eigenvalue weighted by Crippen LogP contribution is -2.23. The molecule has 0 heterocycles. The van der Waals surface area contributed by atoms with Crippen LogP contribution in [0.2, 0.25) is 0 Å². The van der Waals surface area contributed by atoms with Gasteiger partial charge in [0, 0.05) is 6.07 Å². The molecule has 0 N–H and O–H groups in total. The summed E-state index contributed by atoms with van der Waals surface area (Å²) < 4.78 is 58.1. The van der Waals surface area contributed by atoms with Crippen LogP contribution in [0.5, 0.6) is 5.75 Å². The van der Waals surface area contributed by atoms with Crippen LogP contribution in [0.15, 0.2) is 23.1 Å². The van der Waals surface area contributed by atoms with E-state index in [0.29, 0.717) is 12.1 Å². The number of benzene rings is 1. The SMILES string of the molecule is O=[N+]([O-])c1cc(S(=O)(=O)C(F)(F)F)ccc1[O-]. The van der Waals surface area contributed by atoms with E-state index in [1.807, 2.05) is 0 Å². The molecule has 17 heavy (non-hydrogen) atoms. The zero-order valence-electron chi connectivity index (χ0n) is 7.76. The highest BCUT2D eigenvalue weighted by Gasteiger charge is 2.47. The molecule has 0 aromatic heterocycles. The minimum absolute atomic E-state index is 0.0884. The molecule has 0 unspecified atom stereocenters. The molecule has 1 rings (SSSR count). The fourth-order valence-corrected chi connectivity index (χ4v) is 1.72. The maximum atomic E-state index is 12.1. The van der Waals surface area contributed by atoms with Gasteiger partial charge in [0.05, 0.1) is 9.82 Å². The van der Waals surface area contributed by atoms with E-state index < -0.39 is 36.6 Å². The minimum atomic E-state index is -5.69. The second-order valence-electron chi connectivity index (χ2n) is 2.84. The molecule has 0 saturated carbocycles. The van der Waals surface area contributed by atoms with E-state index >= 15 is 0 Å². The number of hydrogen-bond donors (Lipinski definition) is 0. The molecular formula is C7H3F3NO5S-. The topological polar surface area (TPSA) is 100 Å². The summed E-state index contributed by atoms with van der Waals surface area (Å²) in [5, 5.41) is 21.2. The predicted octanol–water partition coefficient (Wildman–Crippen LogP) is 0.962. The molecule has 10 heteroatoms. The number of alkyl halides is 3. The van der Waals surface area contributed by atoms with Crippen LogP contribution in [0.25, 0.3) is 0 Å². The van der Waals surface area contributed by atoms with Gasteiger partial charge in [0.25, 0.3) is 15.5 Å². The van der Waals surface area contributed by atoms with E-state index in [1.54, 1.807) is 0 Å². The summed E-state index contributed by atoms with van der Waals surface area (Å²) in [6.45, 7) is 0. The molecular weight excluding hydrogens is 267 g/mol. The Hall–Kier alpha value is -1.84. The van der Waals surface area contributed by atoms with Crippen molar-refractivity contribution in [2.75, 3.05) is 0 Å². The Kier molecular flexibility index (Phi) is 3.01. The summed E-state index contributed by atoms with van der Waals surface area (Å²) >= 11 is 0. The van der Waals surface area contributed by atoms with E-state index in [-0.39, 0.29) is 6.07 Å². The molecule has 0 aliphatic carbocycles. The van der Waals surface area contributed by atoms with Gasteiger partial charge in [-0.3, -0.25) is 10.1 Å². The van der Waals surface area contributed by atoms with Gasteiger partial charge < -0.3 is 5.11 Å². The fourth-order valence-electron chi connectivity index (χ4n) is 0.941. The lowest BCUT2D eigenvalue weighted by molar-refractivity contribution is -0.398. The van der Waals surface area contributed by atoms with Crippen molar-refractivity contribution in [3.8, 4) is 5.75 Å². The lowest BCUT2D eigenvalue weighted by Gasteiger charge is -2.10. The van der Waals surface area contributed by atoms with Crippen LogP contribution in [0.4, 0.5) is 18.9 Å². The molecule has 0 amide bonds. The summed E-state index contributed by atoms with van der Waals surface area (Å²) in [6.07, 6.45) is 0. The number of rotatable bonds is 2. The number of sulfone groups is 1. The van der Waals surface area contributed by atoms with Gasteiger partial charge in [-0.25, -0.2) is 8.42 Å². The Bertz CT molecular complexity index is 565. The van der Waals surface area contributed by atoms with Gasteiger partial charge in [-0.2, -0.15) is 13.2 Å².